The molecule has 0 aromatic heterocycles. The van der Waals surface area contributed by atoms with Crippen molar-refractivity contribution in [3.63, 3.8) is 0 Å². The third kappa shape index (κ3) is 5.55. The van der Waals surface area contributed by atoms with Gasteiger partial charge in [-0.1, -0.05) is 37.3 Å². The third-order valence-electron chi connectivity index (χ3n) is 6.07. The number of cyclic esters (lactones) is 1. The topological polar surface area (TPSA) is 82.1 Å². The lowest BCUT2D eigenvalue weighted by Crippen LogP contribution is -2.30. The second-order valence-corrected chi connectivity index (χ2v) is 9.12. The molecule has 3 rings (SSSR count). The number of ketones is 1. The number of benzene rings is 1. The lowest BCUT2D eigenvalue weighted by Gasteiger charge is -2.21. The Kier molecular flexibility index (Phi) is 7.70. The molecule has 6 heteroatoms. The molecule has 1 saturated heterocycles. The molecule has 1 aromatic carbocycles. The van der Waals surface area contributed by atoms with Crippen LogP contribution in [-0.4, -0.2) is 47.6 Å². The Morgan fingerprint density at radius 2 is 1.88 bits per heavy atom. The average molecular weight is 443 g/mol. The number of hydrogen-bond donors (Lipinski definition) is 1. The van der Waals surface area contributed by atoms with E-state index in [4.69, 9.17) is 14.2 Å². The quantitative estimate of drug-likeness (QED) is 0.708. The van der Waals surface area contributed by atoms with Crippen molar-refractivity contribution in [2.45, 2.75) is 78.0 Å². The largest absolute Gasteiger partial charge is 0.458 e. The predicted octanol–water partition coefficient (Wildman–Crippen LogP) is 4.16. The zero-order valence-corrected chi connectivity index (χ0v) is 19.6. The second-order valence-electron chi connectivity index (χ2n) is 9.12. The van der Waals surface area contributed by atoms with Crippen molar-refractivity contribution >= 4 is 17.8 Å². The number of hydrogen-bond acceptors (Lipinski definition) is 6. The highest BCUT2D eigenvalue weighted by Gasteiger charge is 2.43. The van der Waals surface area contributed by atoms with Gasteiger partial charge in [0.1, 0.15) is 12.2 Å². The van der Waals surface area contributed by atoms with E-state index >= 15 is 0 Å². The molecule has 32 heavy (non-hydrogen) atoms. The maximum Gasteiger partial charge on any atom is 0.339 e. The summed E-state index contributed by atoms with van der Waals surface area (Å²) in [6.45, 7) is 9.31. The van der Waals surface area contributed by atoms with Crippen LogP contribution >= 0.6 is 0 Å². The molecule has 2 heterocycles. The van der Waals surface area contributed by atoms with E-state index in [1.54, 1.807) is 19.9 Å². The standard InChI is InChI=1S/C26H34O6/c1-16-12-14-21(28)24-22(31-26(4,5)32-24)10-6-9-20-19(8-7-15-27)13-11-17(2)23(20)25(29)30-18(16)3/h6,9,11-14,16,18,22,24,27H,7-8,10,15H2,1-5H3/b9-6+,14-12-/t16-,18+,22+,24-/m1/s1. The Morgan fingerprint density at radius 3 is 2.59 bits per heavy atom. The number of aryl methyl sites for hydroxylation is 2. The molecule has 0 saturated carbocycles. The normalized spacial score (nSPS) is 30.1. The maximum absolute atomic E-state index is 13.2. The molecule has 1 aromatic rings. The molecule has 0 unspecified atom stereocenters. The summed E-state index contributed by atoms with van der Waals surface area (Å²) in [5.41, 5.74) is 3.13. The fourth-order valence-electron chi connectivity index (χ4n) is 4.12. The molecule has 0 aliphatic carbocycles. The van der Waals surface area contributed by atoms with Gasteiger partial charge in [0.25, 0.3) is 0 Å². The molecule has 174 valence electrons. The van der Waals surface area contributed by atoms with Gasteiger partial charge in [-0.25, -0.2) is 4.79 Å². The second kappa shape index (κ2) is 10.1. The number of carbonyl (C=O) groups excluding carboxylic acids is 2. The molecular formula is C26H34O6. The summed E-state index contributed by atoms with van der Waals surface area (Å²) in [6, 6.07) is 3.91. The number of esters is 1. The van der Waals surface area contributed by atoms with Crippen molar-refractivity contribution in [3.05, 3.63) is 52.6 Å². The Bertz CT molecular complexity index is 913. The summed E-state index contributed by atoms with van der Waals surface area (Å²) in [5, 5.41) is 9.31. The smallest absolute Gasteiger partial charge is 0.339 e. The van der Waals surface area contributed by atoms with Crippen molar-refractivity contribution in [1.29, 1.82) is 0 Å². The van der Waals surface area contributed by atoms with E-state index in [0.717, 1.165) is 16.7 Å². The van der Waals surface area contributed by atoms with Crippen molar-refractivity contribution in [2.24, 2.45) is 5.92 Å². The minimum absolute atomic E-state index is 0.0732. The summed E-state index contributed by atoms with van der Waals surface area (Å²) < 4.78 is 17.7. The Labute approximate surface area is 190 Å². The molecule has 0 spiro atoms. The summed E-state index contributed by atoms with van der Waals surface area (Å²) in [7, 11) is 0. The Morgan fingerprint density at radius 1 is 1.12 bits per heavy atom. The van der Waals surface area contributed by atoms with E-state index in [2.05, 4.69) is 0 Å². The number of fused-ring (bicyclic) bond motifs is 2. The highest BCUT2D eigenvalue weighted by atomic mass is 16.8. The average Bonchev–Trinajstić information content (AvgIpc) is 3.04. The van der Waals surface area contributed by atoms with Gasteiger partial charge in [-0.05, 0) is 69.7 Å². The van der Waals surface area contributed by atoms with Gasteiger partial charge in [0, 0.05) is 12.5 Å². The summed E-state index contributed by atoms with van der Waals surface area (Å²) in [5.74, 6) is -1.55. The van der Waals surface area contributed by atoms with E-state index in [1.165, 1.54) is 6.08 Å². The Hall–Kier alpha value is -2.28. The van der Waals surface area contributed by atoms with Gasteiger partial charge in [-0.2, -0.15) is 0 Å². The predicted molar refractivity (Wildman–Crippen MR) is 122 cm³/mol. The number of carbonyl (C=O) groups is 2. The van der Waals surface area contributed by atoms with E-state index in [0.29, 0.717) is 24.8 Å². The van der Waals surface area contributed by atoms with Gasteiger partial charge in [0.05, 0.1) is 11.7 Å². The van der Waals surface area contributed by atoms with Crippen LogP contribution < -0.4 is 0 Å². The van der Waals surface area contributed by atoms with Crippen LogP contribution in [0.4, 0.5) is 0 Å². The van der Waals surface area contributed by atoms with Crippen molar-refractivity contribution < 1.29 is 28.9 Å². The van der Waals surface area contributed by atoms with E-state index < -0.39 is 24.1 Å². The summed E-state index contributed by atoms with van der Waals surface area (Å²) in [4.78, 5) is 26.0. The lowest BCUT2D eigenvalue weighted by atomic mass is 9.92. The first-order valence-corrected chi connectivity index (χ1v) is 11.3. The summed E-state index contributed by atoms with van der Waals surface area (Å²) >= 11 is 0. The van der Waals surface area contributed by atoms with Gasteiger partial charge in [0.15, 0.2) is 11.6 Å². The molecule has 2 aliphatic heterocycles. The van der Waals surface area contributed by atoms with Crippen LogP contribution in [0.25, 0.3) is 6.08 Å². The van der Waals surface area contributed by atoms with E-state index in [-0.39, 0.29) is 24.3 Å². The SMILES string of the molecule is Cc1ccc(CCCO)c2c1C(=O)O[C@@H](C)[C@H](C)/C=C\C(=O)[C@H]1OC(C)(C)O[C@H]1C/C=C/2. The molecule has 0 radical (unpaired) electrons. The maximum atomic E-state index is 13.2. The molecule has 4 atom stereocenters. The fraction of sp³-hybridized carbons (Fsp3) is 0.538. The van der Waals surface area contributed by atoms with E-state index in [1.807, 2.05) is 45.1 Å². The number of aliphatic hydroxyl groups is 1. The highest BCUT2D eigenvalue weighted by Crippen LogP contribution is 2.32. The fourth-order valence-corrected chi connectivity index (χ4v) is 4.12. The molecule has 1 N–H and O–H groups in total. The molecule has 1 fully saturated rings. The third-order valence-corrected chi connectivity index (χ3v) is 6.07. The minimum atomic E-state index is -0.848. The van der Waals surface area contributed by atoms with Crippen LogP contribution in [0.5, 0.6) is 0 Å². The minimum Gasteiger partial charge on any atom is -0.458 e. The van der Waals surface area contributed by atoms with Gasteiger partial charge < -0.3 is 19.3 Å². The Balaban J connectivity index is 2.06. The van der Waals surface area contributed by atoms with Gasteiger partial charge in [0.2, 0.25) is 0 Å². The van der Waals surface area contributed by atoms with Gasteiger partial charge in [-0.15, -0.1) is 0 Å². The van der Waals surface area contributed by atoms with Crippen molar-refractivity contribution in [2.75, 3.05) is 6.61 Å². The zero-order valence-electron chi connectivity index (χ0n) is 19.6. The number of aliphatic hydroxyl groups excluding tert-OH is 1. The highest BCUT2D eigenvalue weighted by molar-refractivity contribution is 5.96. The molecule has 2 aliphatic rings. The first-order chi connectivity index (χ1) is 15.1. The number of rotatable bonds is 3. The molecular weight excluding hydrogens is 408 g/mol. The van der Waals surface area contributed by atoms with Crippen molar-refractivity contribution in [3.8, 4) is 0 Å². The van der Waals surface area contributed by atoms with Crippen LogP contribution in [0.3, 0.4) is 0 Å². The van der Waals surface area contributed by atoms with Crippen LogP contribution in [0.1, 0.15) is 67.6 Å². The van der Waals surface area contributed by atoms with Crippen LogP contribution in [0.2, 0.25) is 0 Å². The summed E-state index contributed by atoms with van der Waals surface area (Å²) in [6.07, 6.45) is 7.27. The van der Waals surface area contributed by atoms with Crippen LogP contribution in [0.15, 0.2) is 30.4 Å². The first-order valence-electron chi connectivity index (χ1n) is 11.3. The molecule has 0 bridgehead atoms. The van der Waals surface area contributed by atoms with E-state index in [9.17, 15) is 14.7 Å². The molecule has 0 amide bonds. The van der Waals surface area contributed by atoms with Gasteiger partial charge in [-0.3, -0.25) is 4.79 Å². The van der Waals surface area contributed by atoms with Crippen molar-refractivity contribution in [1.82, 2.24) is 0 Å². The first kappa shape index (κ1) is 24.4. The van der Waals surface area contributed by atoms with Crippen LogP contribution in [-0.2, 0) is 25.4 Å². The lowest BCUT2D eigenvalue weighted by molar-refractivity contribution is -0.152. The monoisotopic (exact) mass is 442 g/mol. The zero-order chi connectivity index (χ0) is 23.5. The number of ether oxygens (including phenoxy) is 3. The van der Waals surface area contributed by atoms with Crippen LogP contribution in [0, 0.1) is 12.8 Å². The molecule has 6 nitrogen and oxygen atoms in total. The van der Waals surface area contributed by atoms with Gasteiger partial charge >= 0.3 is 5.97 Å².